The minimum absolute atomic E-state index is 0.408. The minimum atomic E-state index is -0.448. The molecule has 1 atom stereocenters. The molecule has 3 aromatic carbocycles. The summed E-state index contributed by atoms with van der Waals surface area (Å²) >= 11 is 12.3. The van der Waals surface area contributed by atoms with E-state index in [9.17, 15) is 4.79 Å². The van der Waals surface area contributed by atoms with Gasteiger partial charge in [0.15, 0.2) is 0 Å². The molecule has 0 fully saturated rings. The smallest absolute Gasteiger partial charge is 0.416 e. The summed E-state index contributed by atoms with van der Waals surface area (Å²) in [4.78, 5) is 27.5. The van der Waals surface area contributed by atoms with E-state index in [0.29, 0.717) is 46.1 Å². The molecule has 196 valence electrons. The van der Waals surface area contributed by atoms with Crippen molar-refractivity contribution in [2.24, 2.45) is 0 Å². The monoisotopic (exact) mass is 558 g/mol. The van der Waals surface area contributed by atoms with Crippen molar-refractivity contribution in [2.75, 3.05) is 6.54 Å². The number of hydrogen-bond acceptors (Lipinski definition) is 5. The molecule has 0 saturated carbocycles. The average molecular weight is 559 g/mol. The first-order valence-corrected chi connectivity index (χ1v) is 13.2. The molecular formula is C30H24Cl2N4O3. The molecule has 2 aromatic heterocycles. The lowest BCUT2D eigenvalue weighted by Gasteiger charge is -2.35. The fourth-order valence-electron chi connectivity index (χ4n) is 4.91. The number of carbonyl (C=O) groups excluding carboxylic acids is 1. The maximum Gasteiger partial charge on any atom is 0.416 e. The molecule has 1 N–H and O–H groups in total. The number of benzene rings is 3. The number of hydrogen-bond donors (Lipinski definition) is 1. The van der Waals surface area contributed by atoms with E-state index in [0.717, 1.165) is 33.4 Å². The Kier molecular flexibility index (Phi) is 6.62. The summed E-state index contributed by atoms with van der Waals surface area (Å²) in [7, 11) is 0. The number of ether oxygens (including phenoxy) is 2. The maximum absolute atomic E-state index is 13.5. The van der Waals surface area contributed by atoms with Crippen LogP contribution in [0.4, 0.5) is 4.79 Å². The SMILES string of the molecule is Cc1cnc(C)c(Oc2ccc(C3c4[nH]c5ccc(Cl)cc5c4CCN3C(=O)Oc3ccc(Cl)cc3)cc2)n1. The normalized spacial score (nSPS) is 14.8. The fourth-order valence-corrected chi connectivity index (χ4v) is 5.21. The van der Waals surface area contributed by atoms with Crippen LogP contribution in [0, 0.1) is 13.8 Å². The summed E-state index contributed by atoms with van der Waals surface area (Å²) < 4.78 is 11.8. The van der Waals surface area contributed by atoms with Crippen molar-refractivity contribution < 1.29 is 14.3 Å². The van der Waals surface area contributed by atoms with Crippen LogP contribution in [0.25, 0.3) is 10.9 Å². The Morgan fingerprint density at radius 1 is 0.974 bits per heavy atom. The van der Waals surface area contributed by atoms with Crippen molar-refractivity contribution in [3.05, 3.63) is 111 Å². The Hall–Kier alpha value is -4.07. The van der Waals surface area contributed by atoms with Crippen LogP contribution >= 0.6 is 23.2 Å². The number of aromatic nitrogens is 3. The Balaban J connectivity index is 1.37. The third kappa shape index (κ3) is 5.03. The van der Waals surface area contributed by atoms with Gasteiger partial charge < -0.3 is 14.5 Å². The number of nitrogens with one attached hydrogen (secondary N) is 1. The highest BCUT2D eigenvalue weighted by Gasteiger charge is 2.35. The number of fused-ring (bicyclic) bond motifs is 3. The first-order chi connectivity index (χ1) is 18.9. The molecule has 1 aliphatic rings. The Bertz CT molecular complexity index is 1680. The van der Waals surface area contributed by atoms with E-state index in [1.54, 1.807) is 35.4 Å². The molecule has 5 aromatic rings. The van der Waals surface area contributed by atoms with Gasteiger partial charge in [-0.05, 0) is 86.0 Å². The predicted molar refractivity (Wildman–Crippen MR) is 151 cm³/mol. The molecule has 0 aliphatic carbocycles. The van der Waals surface area contributed by atoms with E-state index in [2.05, 4.69) is 15.0 Å². The van der Waals surface area contributed by atoms with Gasteiger partial charge >= 0.3 is 6.09 Å². The molecule has 39 heavy (non-hydrogen) atoms. The van der Waals surface area contributed by atoms with E-state index in [4.69, 9.17) is 32.7 Å². The van der Waals surface area contributed by atoms with Crippen LogP contribution in [-0.2, 0) is 6.42 Å². The number of aryl methyl sites for hydroxylation is 2. The molecule has 9 heteroatoms. The first kappa shape index (κ1) is 25.2. The zero-order valence-corrected chi connectivity index (χ0v) is 22.8. The molecule has 0 bridgehead atoms. The van der Waals surface area contributed by atoms with Gasteiger partial charge in [-0.1, -0.05) is 35.3 Å². The third-order valence-electron chi connectivity index (χ3n) is 6.79. The summed E-state index contributed by atoms with van der Waals surface area (Å²) in [6.45, 7) is 4.19. The Morgan fingerprint density at radius 3 is 2.46 bits per heavy atom. The molecule has 0 spiro atoms. The van der Waals surface area contributed by atoms with Gasteiger partial charge in [-0.2, -0.15) is 0 Å². The van der Waals surface area contributed by atoms with Crippen LogP contribution in [0.1, 0.15) is 34.3 Å². The predicted octanol–water partition coefficient (Wildman–Crippen LogP) is 7.82. The zero-order valence-electron chi connectivity index (χ0n) is 21.2. The second kappa shape index (κ2) is 10.2. The minimum Gasteiger partial charge on any atom is -0.437 e. The van der Waals surface area contributed by atoms with Crippen molar-refractivity contribution in [2.45, 2.75) is 26.3 Å². The van der Waals surface area contributed by atoms with Crippen LogP contribution in [0.3, 0.4) is 0 Å². The molecule has 1 aliphatic heterocycles. The molecule has 0 radical (unpaired) electrons. The number of nitrogens with zero attached hydrogens (tertiary/aromatic N) is 3. The number of carbonyl (C=O) groups is 1. The van der Waals surface area contributed by atoms with E-state index >= 15 is 0 Å². The highest BCUT2D eigenvalue weighted by molar-refractivity contribution is 6.31. The summed E-state index contributed by atoms with van der Waals surface area (Å²) in [5, 5.41) is 2.30. The molecule has 7 nitrogen and oxygen atoms in total. The molecule has 0 saturated heterocycles. The van der Waals surface area contributed by atoms with Crippen LogP contribution in [0.15, 0.2) is 72.9 Å². The quantitative estimate of drug-likeness (QED) is 0.243. The lowest BCUT2D eigenvalue weighted by Crippen LogP contribution is -2.42. The van der Waals surface area contributed by atoms with Gasteiger partial charge in [0.2, 0.25) is 5.88 Å². The largest absolute Gasteiger partial charge is 0.437 e. The zero-order chi connectivity index (χ0) is 27.1. The lowest BCUT2D eigenvalue weighted by atomic mass is 9.92. The third-order valence-corrected chi connectivity index (χ3v) is 7.27. The second-order valence-corrected chi connectivity index (χ2v) is 10.3. The van der Waals surface area contributed by atoms with Gasteiger partial charge in [0.25, 0.3) is 0 Å². The molecule has 1 unspecified atom stereocenters. The van der Waals surface area contributed by atoms with Crippen LogP contribution in [-0.4, -0.2) is 32.5 Å². The highest BCUT2D eigenvalue weighted by Crippen LogP contribution is 2.40. The second-order valence-electron chi connectivity index (χ2n) is 9.45. The van der Waals surface area contributed by atoms with E-state index < -0.39 is 12.1 Å². The number of H-pyrrole nitrogens is 1. The number of halogens is 2. The van der Waals surface area contributed by atoms with Crippen LogP contribution in [0.2, 0.25) is 10.0 Å². The van der Waals surface area contributed by atoms with Crippen molar-refractivity contribution >= 4 is 40.2 Å². The lowest BCUT2D eigenvalue weighted by molar-refractivity contribution is 0.135. The summed E-state index contributed by atoms with van der Waals surface area (Å²) in [6.07, 6.45) is 1.92. The Labute approximate surface area is 235 Å². The van der Waals surface area contributed by atoms with Crippen molar-refractivity contribution in [1.29, 1.82) is 0 Å². The Morgan fingerprint density at radius 2 is 1.69 bits per heavy atom. The van der Waals surface area contributed by atoms with E-state index in [1.165, 1.54) is 0 Å². The highest BCUT2D eigenvalue weighted by atomic mass is 35.5. The van der Waals surface area contributed by atoms with E-state index in [1.807, 2.05) is 56.3 Å². The summed E-state index contributed by atoms with van der Waals surface area (Å²) in [5.74, 6) is 1.51. The molecule has 1 amide bonds. The van der Waals surface area contributed by atoms with Gasteiger partial charge in [0.1, 0.15) is 17.5 Å². The number of aromatic amines is 1. The molecular weight excluding hydrogens is 535 g/mol. The first-order valence-electron chi connectivity index (χ1n) is 12.5. The van der Waals surface area contributed by atoms with Crippen LogP contribution < -0.4 is 9.47 Å². The van der Waals surface area contributed by atoms with Gasteiger partial charge in [-0.25, -0.2) is 9.78 Å². The van der Waals surface area contributed by atoms with Crippen molar-refractivity contribution in [3.8, 4) is 17.4 Å². The van der Waals surface area contributed by atoms with Gasteiger partial charge in [0.05, 0.1) is 11.4 Å². The fraction of sp³-hybridized carbons (Fsp3) is 0.167. The van der Waals surface area contributed by atoms with E-state index in [-0.39, 0.29) is 0 Å². The standard InChI is InChI=1S/C30H24Cl2N4O3/c1-17-16-33-18(2)29(34-17)38-22-8-3-19(4-9-22)28-27-24(25-15-21(32)7-12-26(25)35-27)13-14-36(28)30(37)39-23-10-5-20(31)6-11-23/h3-12,15-16,28,35H,13-14H2,1-2H3. The number of amides is 1. The van der Waals surface area contributed by atoms with Gasteiger partial charge in [-0.3, -0.25) is 9.88 Å². The topological polar surface area (TPSA) is 80.3 Å². The molecule has 6 rings (SSSR count). The van der Waals surface area contributed by atoms with Crippen LogP contribution in [0.5, 0.6) is 17.4 Å². The molecule has 3 heterocycles. The summed E-state index contributed by atoms with van der Waals surface area (Å²) in [6, 6.07) is 19.8. The van der Waals surface area contributed by atoms with Gasteiger partial charge in [0, 0.05) is 39.4 Å². The van der Waals surface area contributed by atoms with Crippen molar-refractivity contribution in [1.82, 2.24) is 19.9 Å². The number of rotatable bonds is 4. The maximum atomic E-state index is 13.5. The average Bonchev–Trinajstić information content (AvgIpc) is 3.30. The van der Waals surface area contributed by atoms with Gasteiger partial charge in [-0.15, -0.1) is 0 Å². The van der Waals surface area contributed by atoms with Crippen molar-refractivity contribution in [3.63, 3.8) is 0 Å². The summed E-state index contributed by atoms with van der Waals surface area (Å²) in [5.41, 5.74) is 5.42.